The van der Waals surface area contributed by atoms with Crippen molar-refractivity contribution in [2.75, 3.05) is 14.2 Å². The number of carboxylic acids is 3. The number of aliphatic carboxylic acids is 3. The van der Waals surface area contributed by atoms with E-state index in [1.165, 1.54) is 18.4 Å². The summed E-state index contributed by atoms with van der Waals surface area (Å²) in [4.78, 5) is 30.5. The van der Waals surface area contributed by atoms with Crippen LogP contribution >= 0.6 is 0 Å². The number of carbonyl (C=O) groups is 3. The molecule has 1 fully saturated rings. The van der Waals surface area contributed by atoms with Crippen molar-refractivity contribution in [2.45, 2.75) is 76.7 Å². The second-order valence-corrected chi connectivity index (χ2v) is 10.9. The van der Waals surface area contributed by atoms with Crippen LogP contribution in [0.3, 0.4) is 0 Å². The van der Waals surface area contributed by atoms with Gasteiger partial charge >= 0.3 is 17.9 Å². The van der Waals surface area contributed by atoms with E-state index in [2.05, 4.69) is 28.7 Å². The number of aromatic nitrogens is 1. The highest BCUT2D eigenvalue weighted by molar-refractivity contribution is 5.88. The van der Waals surface area contributed by atoms with Crippen molar-refractivity contribution in [2.24, 2.45) is 0 Å². The number of carboxylic acid groups (broad SMARTS) is 3. The molecule has 1 aromatic heterocycles. The van der Waals surface area contributed by atoms with Crippen molar-refractivity contribution in [3.05, 3.63) is 70.6 Å². The minimum absolute atomic E-state index is 0.00197. The molecule has 0 radical (unpaired) electrons. The summed E-state index contributed by atoms with van der Waals surface area (Å²) in [5.41, 5.74) is 1.56. The highest BCUT2D eigenvalue weighted by Gasteiger charge is 2.41. The maximum absolute atomic E-state index is 10.3. The van der Waals surface area contributed by atoms with Crippen LogP contribution in [0.15, 0.2) is 47.0 Å². The standard InChI is InChI=1S/C26H32N2O4.C6H8O7/c1-18-23(19(2)32-28-18)17-31-24-12-7-20(15-25(24)30-4)16-27-26(13-5-6-14-26)21-8-10-22(29-3)11-9-21;7-3(8)1-6(13,5(11)12)2-4(9)10/h7-12,15,27H,5-6,13-14,16-17H2,1-4H3;13H,1-2H2,(H,7,8)(H,9,10)(H,11,12). The molecule has 13 heteroatoms. The number of ether oxygens (including phenoxy) is 3. The quantitative estimate of drug-likeness (QED) is 0.170. The number of aliphatic hydroxyl groups is 1. The summed E-state index contributed by atoms with van der Waals surface area (Å²) in [6.45, 7) is 4.97. The molecule has 1 aliphatic carbocycles. The molecule has 1 heterocycles. The minimum atomic E-state index is -2.74. The molecule has 13 nitrogen and oxygen atoms in total. The van der Waals surface area contributed by atoms with E-state index in [1.54, 1.807) is 14.2 Å². The van der Waals surface area contributed by atoms with Crippen molar-refractivity contribution in [3.63, 3.8) is 0 Å². The van der Waals surface area contributed by atoms with Gasteiger partial charge in [0.2, 0.25) is 0 Å². The Hall–Kier alpha value is -4.62. The summed E-state index contributed by atoms with van der Waals surface area (Å²) in [5, 5.41) is 41.6. The fourth-order valence-corrected chi connectivity index (χ4v) is 5.24. The number of hydrogen-bond donors (Lipinski definition) is 5. The third-order valence-corrected chi connectivity index (χ3v) is 7.80. The van der Waals surface area contributed by atoms with Crippen LogP contribution in [0.1, 0.15) is 66.7 Å². The second kappa shape index (κ2) is 15.4. The van der Waals surface area contributed by atoms with Gasteiger partial charge in [-0.1, -0.05) is 36.2 Å². The predicted molar refractivity (Wildman–Crippen MR) is 160 cm³/mol. The highest BCUT2D eigenvalue weighted by Crippen LogP contribution is 2.40. The van der Waals surface area contributed by atoms with Gasteiger partial charge in [-0.15, -0.1) is 0 Å². The van der Waals surface area contributed by atoms with E-state index in [4.69, 9.17) is 39.2 Å². The van der Waals surface area contributed by atoms with Gasteiger partial charge in [-0.3, -0.25) is 9.59 Å². The summed E-state index contributed by atoms with van der Waals surface area (Å²) < 4.78 is 22.2. The smallest absolute Gasteiger partial charge is 0.336 e. The van der Waals surface area contributed by atoms with Gasteiger partial charge in [-0.05, 0) is 62.1 Å². The number of rotatable bonds is 14. The molecule has 4 rings (SSSR count). The Morgan fingerprint density at radius 3 is 2.04 bits per heavy atom. The molecule has 3 aromatic rings. The van der Waals surface area contributed by atoms with E-state index in [0.29, 0.717) is 12.4 Å². The van der Waals surface area contributed by atoms with Crippen molar-refractivity contribution in [1.29, 1.82) is 0 Å². The number of nitrogens with one attached hydrogen (secondary N) is 1. The molecule has 45 heavy (non-hydrogen) atoms. The lowest BCUT2D eigenvalue weighted by atomic mass is 9.88. The van der Waals surface area contributed by atoms with Crippen LogP contribution in [0.2, 0.25) is 0 Å². The monoisotopic (exact) mass is 628 g/mol. The van der Waals surface area contributed by atoms with Crippen LogP contribution in [-0.2, 0) is 33.1 Å². The summed E-state index contributed by atoms with van der Waals surface area (Å²) in [6, 6.07) is 14.6. The van der Waals surface area contributed by atoms with Crippen molar-refractivity contribution in [3.8, 4) is 17.2 Å². The molecule has 5 N–H and O–H groups in total. The second-order valence-electron chi connectivity index (χ2n) is 10.9. The lowest BCUT2D eigenvalue weighted by molar-refractivity contribution is -0.170. The zero-order valence-corrected chi connectivity index (χ0v) is 25.8. The van der Waals surface area contributed by atoms with Gasteiger partial charge in [-0.2, -0.15) is 0 Å². The van der Waals surface area contributed by atoms with Gasteiger partial charge < -0.3 is 44.5 Å². The van der Waals surface area contributed by atoms with E-state index in [0.717, 1.165) is 53.5 Å². The Balaban J connectivity index is 0.000000360. The first-order chi connectivity index (χ1) is 21.3. The molecule has 0 unspecified atom stereocenters. The number of benzene rings is 2. The molecular weight excluding hydrogens is 588 g/mol. The molecule has 244 valence electrons. The van der Waals surface area contributed by atoms with Crippen LogP contribution in [0, 0.1) is 13.8 Å². The Morgan fingerprint density at radius 1 is 0.933 bits per heavy atom. The minimum Gasteiger partial charge on any atom is -0.497 e. The average Bonchev–Trinajstić information content (AvgIpc) is 3.61. The van der Waals surface area contributed by atoms with Crippen LogP contribution < -0.4 is 19.5 Å². The van der Waals surface area contributed by atoms with Gasteiger partial charge in [0.15, 0.2) is 17.1 Å². The summed E-state index contributed by atoms with van der Waals surface area (Å²) >= 11 is 0. The Labute approximate surface area is 260 Å². The Kier molecular flexibility index (Phi) is 11.9. The van der Waals surface area contributed by atoms with Crippen LogP contribution in [0.4, 0.5) is 0 Å². The topological polar surface area (TPSA) is 198 Å². The van der Waals surface area contributed by atoms with Crippen molar-refractivity contribution < 1.29 is 53.5 Å². The summed E-state index contributed by atoms with van der Waals surface area (Å²) in [5.74, 6) is -1.92. The van der Waals surface area contributed by atoms with E-state index in [-0.39, 0.29) is 5.54 Å². The van der Waals surface area contributed by atoms with Crippen molar-refractivity contribution in [1.82, 2.24) is 10.5 Å². The highest BCUT2D eigenvalue weighted by atomic mass is 16.5. The van der Waals surface area contributed by atoms with E-state index in [9.17, 15) is 14.4 Å². The Morgan fingerprint density at radius 2 is 1.56 bits per heavy atom. The molecule has 2 aromatic carbocycles. The van der Waals surface area contributed by atoms with E-state index < -0.39 is 36.4 Å². The molecule has 0 bridgehead atoms. The molecule has 0 saturated heterocycles. The third kappa shape index (κ3) is 9.19. The third-order valence-electron chi connectivity index (χ3n) is 7.80. The molecular formula is C32H40N2O11. The maximum atomic E-state index is 10.3. The number of aryl methyl sites for hydroxylation is 2. The first-order valence-corrected chi connectivity index (χ1v) is 14.3. The number of hydrogen-bond acceptors (Lipinski definition) is 10. The molecule has 0 spiro atoms. The molecule has 0 aliphatic heterocycles. The Bertz CT molecular complexity index is 1420. The lowest BCUT2D eigenvalue weighted by Crippen LogP contribution is -2.42. The molecule has 1 aliphatic rings. The van der Waals surface area contributed by atoms with E-state index >= 15 is 0 Å². The van der Waals surface area contributed by atoms with Gasteiger partial charge in [0.05, 0.1) is 38.3 Å². The maximum Gasteiger partial charge on any atom is 0.336 e. The van der Waals surface area contributed by atoms with Crippen LogP contribution in [-0.4, -0.2) is 63.3 Å². The van der Waals surface area contributed by atoms with Crippen LogP contribution in [0.5, 0.6) is 17.2 Å². The first-order valence-electron chi connectivity index (χ1n) is 14.3. The van der Waals surface area contributed by atoms with Crippen molar-refractivity contribution >= 4 is 17.9 Å². The summed E-state index contributed by atoms with van der Waals surface area (Å²) in [7, 11) is 3.37. The normalized spacial score (nSPS) is 13.8. The zero-order chi connectivity index (χ0) is 33.2. The number of nitrogens with zero attached hydrogens (tertiary/aromatic N) is 1. The average molecular weight is 629 g/mol. The fraction of sp³-hybridized carbons (Fsp3) is 0.438. The van der Waals surface area contributed by atoms with Crippen LogP contribution in [0.25, 0.3) is 0 Å². The van der Waals surface area contributed by atoms with Gasteiger partial charge in [0.1, 0.15) is 18.1 Å². The molecule has 1 saturated carbocycles. The molecule has 0 atom stereocenters. The lowest BCUT2D eigenvalue weighted by Gasteiger charge is -2.31. The SMILES string of the molecule is COc1ccc(C2(NCc3ccc(OCc4c(C)noc4C)c(OC)c3)CCCC2)cc1.O=C(O)CC(O)(CC(=O)O)C(=O)O. The van der Waals surface area contributed by atoms with E-state index in [1.807, 2.05) is 38.1 Å². The number of methoxy groups -OCH3 is 2. The van der Waals surface area contributed by atoms with Gasteiger partial charge in [0, 0.05) is 12.1 Å². The van der Waals surface area contributed by atoms with Gasteiger partial charge in [-0.25, -0.2) is 4.79 Å². The first kappa shape index (κ1) is 34.9. The predicted octanol–water partition coefficient (Wildman–Crippen LogP) is 4.20. The fourth-order valence-electron chi connectivity index (χ4n) is 5.24. The van der Waals surface area contributed by atoms with Gasteiger partial charge in [0.25, 0.3) is 0 Å². The zero-order valence-electron chi connectivity index (χ0n) is 25.8. The largest absolute Gasteiger partial charge is 0.497 e. The summed E-state index contributed by atoms with van der Waals surface area (Å²) in [6.07, 6.45) is 2.45. The molecule has 0 amide bonds.